The second-order valence-electron chi connectivity index (χ2n) is 21.0. The first-order valence-corrected chi connectivity index (χ1v) is 30.8. The fourth-order valence-electron chi connectivity index (χ4n) is 9.43. The van der Waals surface area contributed by atoms with Gasteiger partial charge in [0.2, 0.25) is 5.91 Å². The van der Waals surface area contributed by atoms with Crippen LogP contribution in [0.1, 0.15) is 328 Å². The summed E-state index contributed by atoms with van der Waals surface area (Å²) in [5, 5.41) is 23.2. The monoisotopic (exact) mass is 970 g/mol. The molecule has 0 bridgehead atoms. The standard InChI is InChI=1S/C63H119NO5/c1-3-5-7-9-11-13-15-17-19-21-22-23-24-25-27-31-35-39-43-47-51-55-61(66)60(59-65)64-62(67)56-52-48-44-40-36-32-28-26-30-34-38-42-46-50-54-58-69-63(68)57-53-49-45-41-37-33-29-20-18-16-14-12-10-8-6-4-2/h14,16,20,29,51,55,60-61,65-66H,3-13,15,17-19,21-28,30-50,52-54,56-59H2,1-2H3,(H,64,67)/b16-14-,29-20-,55-51+. The number of esters is 1. The third-order valence-electron chi connectivity index (χ3n) is 14.2. The van der Waals surface area contributed by atoms with Gasteiger partial charge in [-0.05, 0) is 64.2 Å². The van der Waals surface area contributed by atoms with Gasteiger partial charge in [-0.1, -0.05) is 288 Å². The maximum atomic E-state index is 12.5. The average Bonchev–Trinajstić information content (AvgIpc) is 3.35. The molecule has 0 spiro atoms. The number of rotatable bonds is 57. The molecule has 2 atom stereocenters. The number of unbranched alkanes of at least 4 members (excludes halogenated alkanes) is 42. The SMILES string of the molecule is CCCCCC/C=C\C/C=C\CCCCCCCC(=O)OCCCCCCCCCCCCCCCCCC(=O)NC(CO)C(O)/C=C/CCCCCCCCCCCCCCCCCCCCC. The molecule has 406 valence electrons. The van der Waals surface area contributed by atoms with Gasteiger partial charge in [-0.2, -0.15) is 0 Å². The van der Waals surface area contributed by atoms with E-state index >= 15 is 0 Å². The van der Waals surface area contributed by atoms with Crippen LogP contribution in [0.15, 0.2) is 36.5 Å². The van der Waals surface area contributed by atoms with Crippen LogP contribution in [-0.4, -0.2) is 47.4 Å². The number of aliphatic hydroxyl groups is 2. The van der Waals surface area contributed by atoms with E-state index in [1.807, 2.05) is 6.08 Å². The van der Waals surface area contributed by atoms with Crippen molar-refractivity contribution in [1.82, 2.24) is 5.32 Å². The first kappa shape index (κ1) is 67.1. The number of carbonyl (C=O) groups excluding carboxylic acids is 2. The predicted molar refractivity (Wildman–Crippen MR) is 301 cm³/mol. The van der Waals surface area contributed by atoms with Crippen molar-refractivity contribution < 1.29 is 24.5 Å². The lowest BCUT2D eigenvalue weighted by Crippen LogP contribution is -2.45. The van der Waals surface area contributed by atoms with Crippen LogP contribution in [0.5, 0.6) is 0 Å². The van der Waals surface area contributed by atoms with E-state index in [9.17, 15) is 19.8 Å². The minimum Gasteiger partial charge on any atom is -0.466 e. The Morgan fingerprint density at radius 1 is 0.406 bits per heavy atom. The summed E-state index contributed by atoms with van der Waals surface area (Å²) >= 11 is 0. The van der Waals surface area contributed by atoms with Crippen molar-refractivity contribution in [2.45, 2.75) is 341 Å². The second kappa shape index (κ2) is 58.6. The highest BCUT2D eigenvalue weighted by molar-refractivity contribution is 5.76. The summed E-state index contributed by atoms with van der Waals surface area (Å²) in [7, 11) is 0. The van der Waals surface area contributed by atoms with E-state index in [4.69, 9.17) is 4.74 Å². The van der Waals surface area contributed by atoms with Crippen molar-refractivity contribution in [3.63, 3.8) is 0 Å². The Bertz CT molecular complexity index is 1120. The molecule has 6 nitrogen and oxygen atoms in total. The normalized spacial score (nSPS) is 12.8. The Balaban J connectivity index is 3.47. The fourth-order valence-corrected chi connectivity index (χ4v) is 9.43. The van der Waals surface area contributed by atoms with Crippen molar-refractivity contribution in [3.05, 3.63) is 36.5 Å². The second-order valence-corrected chi connectivity index (χ2v) is 21.0. The lowest BCUT2D eigenvalue weighted by atomic mass is 10.0. The summed E-state index contributed by atoms with van der Waals surface area (Å²) in [5.74, 6) is -0.0882. The largest absolute Gasteiger partial charge is 0.466 e. The lowest BCUT2D eigenvalue weighted by molar-refractivity contribution is -0.143. The van der Waals surface area contributed by atoms with Gasteiger partial charge in [0, 0.05) is 12.8 Å². The Morgan fingerprint density at radius 2 is 0.725 bits per heavy atom. The number of nitrogens with one attached hydrogen (secondary N) is 1. The molecule has 1 amide bonds. The number of hydrogen-bond acceptors (Lipinski definition) is 5. The molecule has 0 aromatic carbocycles. The zero-order valence-corrected chi connectivity index (χ0v) is 46.3. The van der Waals surface area contributed by atoms with Crippen LogP contribution in [0.4, 0.5) is 0 Å². The molecule has 0 aromatic rings. The molecular weight excluding hydrogens is 851 g/mol. The quantitative estimate of drug-likeness (QED) is 0.0321. The average molecular weight is 971 g/mol. The van der Waals surface area contributed by atoms with Gasteiger partial charge < -0.3 is 20.3 Å². The van der Waals surface area contributed by atoms with Gasteiger partial charge in [0.1, 0.15) is 0 Å². The Morgan fingerprint density at radius 3 is 1.12 bits per heavy atom. The molecule has 0 aliphatic carbocycles. The Kier molecular flexibility index (Phi) is 57.0. The number of carbonyl (C=O) groups is 2. The molecule has 69 heavy (non-hydrogen) atoms. The molecule has 0 fully saturated rings. The highest BCUT2D eigenvalue weighted by atomic mass is 16.5. The highest BCUT2D eigenvalue weighted by Gasteiger charge is 2.18. The summed E-state index contributed by atoms with van der Waals surface area (Å²) in [5.41, 5.74) is 0. The van der Waals surface area contributed by atoms with E-state index in [1.54, 1.807) is 6.08 Å². The smallest absolute Gasteiger partial charge is 0.305 e. The van der Waals surface area contributed by atoms with E-state index in [1.165, 1.54) is 238 Å². The topological polar surface area (TPSA) is 95.9 Å². The molecular formula is C63H119NO5. The van der Waals surface area contributed by atoms with E-state index in [0.29, 0.717) is 19.4 Å². The van der Waals surface area contributed by atoms with Crippen molar-refractivity contribution in [2.75, 3.05) is 13.2 Å². The molecule has 2 unspecified atom stereocenters. The first-order chi connectivity index (χ1) is 34.0. The molecule has 0 saturated heterocycles. The minimum atomic E-state index is -0.852. The number of amides is 1. The van der Waals surface area contributed by atoms with E-state index in [2.05, 4.69) is 43.5 Å². The van der Waals surface area contributed by atoms with Crippen LogP contribution >= 0.6 is 0 Å². The van der Waals surface area contributed by atoms with Gasteiger partial charge in [0.05, 0.1) is 25.4 Å². The zero-order valence-electron chi connectivity index (χ0n) is 46.3. The van der Waals surface area contributed by atoms with Crippen molar-refractivity contribution in [3.8, 4) is 0 Å². The zero-order chi connectivity index (χ0) is 50.0. The number of hydrogen-bond donors (Lipinski definition) is 3. The fraction of sp³-hybridized carbons (Fsp3) is 0.873. The van der Waals surface area contributed by atoms with E-state index in [0.717, 1.165) is 64.2 Å². The van der Waals surface area contributed by atoms with Gasteiger partial charge in [-0.15, -0.1) is 0 Å². The summed E-state index contributed by atoms with van der Waals surface area (Å²) in [6, 6.07) is -0.636. The lowest BCUT2D eigenvalue weighted by Gasteiger charge is -2.20. The van der Waals surface area contributed by atoms with Crippen molar-refractivity contribution in [2.24, 2.45) is 0 Å². The van der Waals surface area contributed by atoms with Crippen LogP contribution < -0.4 is 5.32 Å². The van der Waals surface area contributed by atoms with Gasteiger partial charge in [-0.3, -0.25) is 9.59 Å². The third kappa shape index (κ3) is 55.2. The minimum absolute atomic E-state index is 0.0136. The van der Waals surface area contributed by atoms with Gasteiger partial charge >= 0.3 is 5.97 Å². The van der Waals surface area contributed by atoms with Crippen LogP contribution in [-0.2, 0) is 14.3 Å². The van der Waals surface area contributed by atoms with Crippen LogP contribution in [0, 0.1) is 0 Å². The van der Waals surface area contributed by atoms with Crippen molar-refractivity contribution in [1.29, 1.82) is 0 Å². The van der Waals surface area contributed by atoms with E-state index in [-0.39, 0.29) is 18.5 Å². The number of ether oxygens (including phenoxy) is 1. The maximum Gasteiger partial charge on any atom is 0.305 e. The molecule has 0 aliphatic rings. The Hall–Kier alpha value is -1.92. The van der Waals surface area contributed by atoms with E-state index < -0.39 is 12.1 Å². The molecule has 0 saturated carbocycles. The molecule has 0 radical (unpaired) electrons. The molecule has 0 heterocycles. The maximum absolute atomic E-state index is 12.5. The Labute approximate surface area is 430 Å². The van der Waals surface area contributed by atoms with Gasteiger partial charge in [-0.25, -0.2) is 0 Å². The number of allylic oxidation sites excluding steroid dienone is 5. The molecule has 0 aromatic heterocycles. The molecule has 6 heteroatoms. The van der Waals surface area contributed by atoms with Gasteiger partial charge in [0.15, 0.2) is 0 Å². The highest BCUT2D eigenvalue weighted by Crippen LogP contribution is 2.17. The third-order valence-corrected chi connectivity index (χ3v) is 14.2. The van der Waals surface area contributed by atoms with Crippen molar-refractivity contribution >= 4 is 11.9 Å². The molecule has 0 aliphatic heterocycles. The summed E-state index contributed by atoms with van der Waals surface area (Å²) in [6.45, 7) is 4.88. The summed E-state index contributed by atoms with van der Waals surface area (Å²) in [4.78, 5) is 24.6. The van der Waals surface area contributed by atoms with Crippen LogP contribution in [0.2, 0.25) is 0 Å². The van der Waals surface area contributed by atoms with Crippen LogP contribution in [0.3, 0.4) is 0 Å². The van der Waals surface area contributed by atoms with Gasteiger partial charge in [0.25, 0.3) is 0 Å². The molecule has 3 N–H and O–H groups in total. The van der Waals surface area contributed by atoms with Crippen LogP contribution in [0.25, 0.3) is 0 Å². The predicted octanol–water partition coefficient (Wildman–Crippen LogP) is 19.2. The summed E-state index contributed by atoms with van der Waals surface area (Å²) < 4.78 is 5.47. The first-order valence-electron chi connectivity index (χ1n) is 30.8. The molecule has 0 rings (SSSR count). The number of aliphatic hydroxyl groups excluding tert-OH is 2. The summed E-state index contributed by atoms with van der Waals surface area (Å²) in [6.07, 6.45) is 73.1.